The Balaban J connectivity index is 1.79. The Morgan fingerprint density at radius 1 is 0.931 bits per heavy atom. The Morgan fingerprint density at radius 3 is 2.17 bits per heavy atom. The summed E-state index contributed by atoms with van der Waals surface area (Å²) in [5.41, 5.74) is -0.770. The highest BCUT2D eigenvalue weighted by Gasteiger charge is 2.72. The van der Waals surface area contributed by atoms with Crippen molar-refractivity contribution in [1.29, 1.82) is 0 Å². The van der Waals surface area contributed by atoms with Crippen molar-refractivity contribution in [2.24, 2.45) is 39.9 Å². The van der Waals surface area contributed by atoms with E-state index >= 15 is 0 Å². The lowest BCUT2D eigenvalue weighted by atomic mass is 9.40. The van der Waals surface area contributed by atoms with E-state index in [0.717, 1.165) is 32.1 Å². The van der Waals surface area contributed by atoms with Gasteiger partial charge in [-0.3, -0.25) is 14.4 Å². The van der Waals surface area contributed by atoms with Crippen molar-refractivity contribution in [2.45, 2.75) is 92.3 Å². The number of rotatable bonds is 2. The number of hydrogen-bond acceptors (Lipinski definition) is 5. The number of ketones is 1. The Bertz CT molecular complexity index is 742. The van der Waals surface area contributed by atoms with Gasteiger partial charge in [-0.05, 0) is 61.7 Å². The predicted octanol–water partition coefficient (Wildman–Crippen LogP) is 4.32. The number of hydrogen-bond donors (Lipinski definition) is 0. The monoisotopic (exact) mass is 404 g/mol. The summed E-state index contributed by atoms with van der Waals surface area (Å²) in [6.45, 7) is 11.7. The van der Waals surface area contributed by atoms with Crippen molar-refractivity contribution in [1.82, 2.24) is 0 Å². The van der Waals surface area contributed by atoms with Gasteiger partial charge in [-0.15, -0.1) is 0 Å². The van der Waals surface area contributed by atoms with Crippen LogP contribution in [0.15, 0.2) is 0 Å². The smallest absolute Gasteiger partial charge is 0.302 e. The van der Waals surface area contributed by atoms with E-state index < -0.39 is 5.41 Å². The molecule has 4 saturated carbocycles. The molecule has 0 aliphatic heterocycles. The van der Waals surface area contributed by atoms with Gasteiger partial charge in [0.2, 0.25) is 0 Å². The average molecular weight is 405 g/mol. The summed E-state index contributed by atoms with van der Waals surface area (Å²) in [4.78, 5) is 37.4. The van der Waals surface area contributed by atoms with Crippen molar-refractivity contribution in [2.75, 3.05) is 0 Å². The molecule has 0 aromatic rings. The number of esters is 2. The quantitative estimate of drug-likeness (QED) is 0.641. The molecule has 0 radical (unpaired) electrons. The molecule has 0 aromatic carbocycles. The summed E-state index contributed by atoms with van der Waals surface area (Å²) in [6.07, 6.45) is 4.94. The van der Waals surface area contributed by atoms with Crippen LogP contribution in [0.3, 0.4) is 0 Å². The summed E-state index contributed by atoms with van der Waals surface area (Å²) in [6, 6.07) is 0. The molecule has 2 bridgehead atoms. The first-order valence-corrected chi connectivity index (χ1v) is 11.3. The van der Waals surface area contributed by atoms with Crippen molar-refractivity contribution >= 4 is 17.7 Å². The largest absolute Gasteiger partial charge is 0.462 e. The molecule has 5 nitrogen and oxygen atoms in total. The minimum Gasteiger partial charge on any atom is -0.462 e. The van der Waals surface area contributed by atoms with Gasteiger partial charge in [0.15, 0.2) is 0 Å². The molecule has 0 amide bonds. The Morgan fingerprint density at radius 2 is 1.55 bits per heavy atom. The lowest BCUT2D eigenvalue weighted by molar-refractivity contribution is -0.228. The second kappa shape index (κ2) is 6.55. The van der Waals surface area contributed by atoms with Crippen LogP contribution in [-0.4, -0.2) is 29.9 Å². The number of ether oxygens (including phenoxy) is 2. The van der Waals surface area contributed by atoms with Crippen molar-refractivity contribution in [3.8, 4) is 0 Å². The third-order valence-corrected chi connectivity index (χ3v) is 9.53. The van der Waals surface area contributed by atoms with E-state index in [1.807, 2.05) is 0 Å². The lowest BCUT2D eigenvalue weighted by Crippen LogP contribution is -2.66. The molecule has 5 heteroatoms. The van der Waals surface area contributed by atoms with E-state index in [1.54, 1.807) is 0 Å². The highest BCUT2D eigenvalue weighted by molar-refractivity contribution is 5.91. The van der Waals surface area contributed by atoms with Crippen molar-refractivity contribution < 1.29 is 23.9 Å². The highest BCUT2D eigenvalue weighted by atomic mass is 16.5. The fourth-order valence-corrected chi connectivity index (χ4v) is 8.33. The van der Waals surface area contributed by atoms with E-state index in [0.29, 0.717) is 18.1 Å². The zero-order valence-electron chi connectivity index (χ0n) is 18.7. The third-order valence-electron chi connectivity index (χ3n) is 9.53. The molecule has 162 valence electrons. The van der Waals surface area contributed by atoms with Gasteiger partial charge in [0.05, 0.1) is 5.41 Å². The van der Waals surface area contributed by atoms with Crippen LogP contribution in [0, 0.1) is 39.9 Å². The lowest BCUT2D eigenvalue weighted by Gasteiger charge is -2.65. The minimum atomic E-state index is -0.524. The molecule has 1 spiro atoms. The highest BCUT2D eigenvalue weighted by Crippen LogP contribution is 2.71. The molecular formula is C24H36O5. The van der Waals surface area contributed by atoms with Crippen LogP contribution in [0.2, 0.25) is 0 Å². The van der Waals surface area contributed by atoms with Crippen LogP contribution in [0.4, 0.5) is 0 Å². The molecule has 0 N–H and O–H groups in total. The average Bonchev–Trinajstić information content (AvgIpc) is 2.80. The summed E-state index contributed by atoms with van der Waals surface area (Å²) < 4.78 is 11.7. The molecule has 0 aromatic heterocycles. The first kappa shape index (κ1) is 20.9. The third kappa shape index (κ3) is 2.75. The molecule has 0 heterocycles. The SMILES string of the molecule is CC(=O)O[C@@H]1CC[C@]2(C)C(C[C@@H](OC(C)=O)[C@@]34C[C@@H](CC[C@H]32)[C@@H](C)C4=O)C1(C)C. The molecule has 1 unspecified atom stereocenters. The summed E-state index contributed by atoms with van der Waals surface area (Å²) >= 11 is 0. The van der Waals surface area contributed by atoms with E-state index in [2.05, 4.69) is 27.7 Å². The van der Waals surface area contributed by atoms with Gasteiger partial charge in [-0.1, -0.05) is 27.7 Å². The van der Waals surface area contributed by atoms with E-state index in [1.165, 1.54) is 13.8 Å². The molecule has 4 fully saturated rings. The predicted molar refractivity (Wildman–Crippen MR) is 108 cm³/mol. The zero-order valence-corrected chi connectivity index (χ0v) is 18.7. The van der Waals surface area contributed by atoms with E-state index in [4.69, 9.17) is 9.47 Å². The molecule has 8 atom stereocenters. The van der Waals surface area contributed by atoms with Gasteiger partial charge in [0, 0.05) is 25.2 Å². The number of carbonyl (C=O) groups excluding carboxylic acids is 3. The molecule has 4 aliphatic rings. The Hall–Kier alpha value is -1.39. The fourth-order valence-electron chi connectivity index (χ4n) is 8.33. The van der Waals surface area contributed by atoms with Crippen LogP contribution >= 0.6 is 0 Å². The van der Waals surface area contributed by atoms with Crippen LogP contribution in [0.5, 0.6) is 0 Å². The molecular weight excluding hydrogens is 368 g/mol. The Kier molecular flexibility index (Phi) is 4.71. The topological polar surface area (TPSA) is 69.7 Å². The fraction of sp³-hybridized carbons (Fsp3) is 0.875. The van der Waals surface area contributed by atoms with Gasteiger partial charge in [-0.25, -0.2) is 0 Å². The summed E-state index contributed by atoms with van der Waals surface area (Å²) in [5, 5.41) is 0. The van der Waals surface area contributed by atoms with Crippen molar-refractivity contribution in [3.63, 3.8) is 0 Å². The van der Waals surface area contributed by atoms with Crippen LogP contribution in [0.1, 0.15) is 80.1 Å². The molecule has 4 aliphatic carbocycles. The maximum atomic E-state index is 13.7. The van der Waals surface area contributed by atoms with Gasteiger partial charge in [0.1, 0.15) is 18.0 Å². The number of carbonyl (C=O) groups is 3. The first-order valence-electron chi connectivity index (χ1n) is 11.3. The molecule has 29 heavy (non-hydrogen) atoms. The minimum absolute atomic E-state index is 0.0124. The second-order valence-electron chi connectivity index (χ2n) is 11.1. The normalized spacial score (nSPS) is 47.7. The Labute approximate surface area is 174 Å². The molecule has 0 saturated heterocycles. The first-order chi connectivity index (χ1) is 13.4. The summed E-state index contributed by atoms with van der Waals surface area (Å²) in [5.74, 6) is 0.724. The van der Waals surface area contributed by atoms with Gasteiger partial charge in [-0.2, -0.15) is 0 Å². The van der Waals surface area contributed by atoms with Crippen molar-refractivity contribution in [3.05, 3.63) is 0 Å². The van der Waals surface area contributed by atoms with E-state index in [-0.39, 0.29) is 52.7 Å². The summed E-state index contributed by atoms with van der Waals surface area (Å²) in [7, 11) is 0. The number of fused-ring (bicyclic) bond motifs is 3. The van der Waals surface area contributed by atoms with Crippen LogP contribution < -0.4 is 0 Å². The maximum absolute atomic E-state index is 13.7. The van der Waals surface area contributed by atoms with E-state index in [9.17, 15) is 14.4 Å². The second-order valence-corrected chi connectivity index (χ2v) is 11.1. The molecule has 4 rings (SSSR count). The van der Waals surface area contributed by atoms with Crippen LogP contribution in [-0.2, 0) is 23.9 Å². The van der Waals surface area contributed by atoms with Gasteiger partial charge in [0.25, 0.3) is 0 Å². The maximum Gasteiger partial charge on any atom is 0.302 e. The van der Waals surface area contributed by atoms with Crippen LogP contribution in [0.25, 0.3) is 0 Å². The van der Waals surface area contributed by atoms with Gasteiger partial charge < -0.3 is 9.47 Å². The van der Waals surface area contributed by atoms with Gasteiger partial charge >= 0.3 is 11.9 Å². The standard InChI is InChI=1S/C24H36O5/c1-13-16-7-8-17-23(6)10-9-19(28-14(2)25)22(4,5)18(23)11-20(29-15(3)26)24(17,12-16)21(13)27/h13,16-20H,7-12H2,1-6H3/t13-,16-,17+,18?,19-,20-,23+,24-/m1/s1. The number of Topliss-reactive ketones (excluding diaryl/α,β-unsaturated/α-hetero) is 1. The zero-order chi connectivity index (χ0) is 21.4.